The molecule has 0 amide bonds. The highest BCUT2D eigenvalue weighted by Gasteiger charge is 2.11. The smallest absolute Gasteiger partial charge is 0.306 e. The third-order valence-electron chi connectivity index (χ3n) is 4.40. The van der Waals surface area contributed by atoms with Crippen LogP contribution in [0.3, 0.4) is 0 Å². The summed E-state index contributed by atoms with van der Waals surface area (Å²) in [5, 5.41) is 12.7. The second-order valence-electron chi connectivity index (χ2n) is 6.52. The van der Waals surface area contributed by atoms with E-state index < -0.39 is 6.10 Å². The maximum Gasteiger partial charge on any atom is 0.306 e. The van der Waals surface area contributed by atoms with E-state index in [1.54, 1.807) is 0 Å². The molecule has 0 bridgehead atoms. The SMILES string of the molecule is CCOC(=O)CC(C)CCCCC(O)c1ccc2ccccc2c1. The van der Waals surface area contributed by atoms with Crippen LogP contribution in [-0.2, 0) is 9.53 Å². The Morgan fingerprint density at radius 1 is 1.08 bits per heavy atom. The van der Waals surface area contributed by atoms with Gasteiger partial charge >= 0.3 is 5.97 Å². The predicted octanol–water partition coefficient (Wildman–Crippen LogP) is 5.02. The summed E-state index contributed by atoms with van der Waals surface area (Å²) >= 11 is 0. The summed E-state index contributed by atoms with van der Waals surface area (Å²) in [5.74, 6) is 0.225. The number of hydrogen-bond donors (Lipinski definition) is 1. The summed E-state index contributed by atoms with van der Waals surface area (Å²) in [7, 11) is 0. The number of ether oxygens (including phenoxy) is 1. The molecule has 2 unspecified atom stereocenters. The van der Waals surface area contributed by atoms with Gasteiger partial charge in [-0.3, -0.25) is 4.79 Å². The van der Waals surface area contributed by atoms with E-state index in [9.17, 15) is 9.90 Å². The lowest BCUT2D eigenvalue weighted by atomic mass is 9.96. The number of fused-ring (bicyclic) bond motifs is 1. The maximum absolute atomic E-state index is 11.4. The third-order valence-corrected chi connectivity index (χ3v) is 4.40. The molecule has 0 aliphatic heterocycles. The molecule has 0 fully saturated rings. The van der Waals surface area contributed by atoms with Gasteiger partial charge in [0.15, 0.2) is 0 Å². The van der Waals surface area contributed by atoms with Crippen LogP contribution in [-0.4, -0.2) is 17.7 Å². The van der Waals surface area contributed by atoms with Crippen LogP contribution in [0.25, 0.3) is 10.8 Å². The highest BCUT2D eigenvalue weighted by Crippen LogP contribution is 2.24. The second-order valence-corrected chi connectivity index (χ2v) is 6.52. The fourth-order valence-corrected chi connectivity index (χ4v) is 3.02. The van der Waals surface area contributed by atoms with Crippen LogP contribution >= 0.6 is 0 Å². The summed E-state index contributed by atoms with van der Waals surface area (Å²) in [6.45, 7) is 4.36. The van der Waals surface area contributed by atoms with E-state index in [0.717, 1.165) is 36.6 Å². The van der Waals surface area contributed by atoms with Crippen LogP contribution in [0.1, 0.15) is 57.6 Å². The van der Waals surface area contributed by atoms with Gasteiger partial charge in [-0.05, 0) is 41.7 Å². The number of esters is 1. The van der Waals surface area contributed by atoms with Gasteiger partial charge in [0.25, 0.3) is 0 Å². The normalized spacial score (nSPS) is 13.6. The zero-order valence-electron chi connectivity index (χ0n) is 14.7. The lowest BCUT2D eigenvalue weighted by Crippen LogP contribution is -2.09. The van der Waals surface area contributed by atoms with E-state index in [1.807, 2.05) is 25.1 Å². The number of rotatable bonds is 9. The Bertz CT molecular complexity index is 650. The largest absolute Gasteiger partial charge is 0.466 e. The molecule has 0 heterocycles. The van der Waals surface area contributed by atoms with Crippen molar-refractivity contribution in [2.45, 2.75) is 52.1 Å². The number of aliphatic hydroxyl groups excluding tert-OH is 1. The number of aliphatic hydroxyl groups is 1. The molecule has 2 atom stereocenters. The lowest BCUT2D eigenvalue weighted by Gasteiger charge is -2.13. The van der Waals surface area contributed by atoms with Crippen LogP contribution in [0.5, 0.6) is 0 Å². The van der Waals surface area contributed by atoms with Crippen LogP contribution in [0.4, 0.5) is 0 Å². The van der Waals surface area contributed by atoms with E-state index >= 15 is 0 Å². The maximum atomic E-state index is 11.4. The number of unbranched alkanes of at least 4 members (excludes halogenated alkanes) is 1. The van der Waals surface area contributed by atoms with Crippen molar-refractivity contribution in [3.05, 3.63) is 48.0 Å². The van der Waals surface area contributed by atoms with Crippen molar-refractivity contribution >= 4 is 16.7 Å². The molecule has 2 rings (SSSR count). The first-order valence-corrected chi connectivity index (χ1v) is 8.92. The minimum atomic E-state index is -0.421. The molecular formula is C21H28O3. The van der Waals surface area contributed by atoms with Crippen LogP contribution in [0, 0.1) is 5.92 Å². The summed E-state index contributed by atoms with van der Waals surface area (Å²) < 4.78 is 4.97. The molecule has 1 N–H and O–H groups in total. The van der Waals surface area contributed by atoms with E-state index in [2.05, 4.69) is 31.2 Å². The van der Waals surface area contributed by atoms with Gasteiger partial charge in [0.2, 0.25) is 0 Å². The highest BCUT2D eigenvalue weighted by molar-refractivity contribution is 5.83. The topological polar surface area (TPSA) is 46.5 Å². The third kappa shape index (κ3) is 5.64. The fourth-order valence-electron chi connectivity index (χ4n) is 3.02. The highest BCUT2D eigenvalue weighted by atomic mass is 16.5. The van der Waals surface area contributed by atoms with Crippen LogP contribution in [0.2, 0.25) is 0 Å². The number of benzene rings is 2. The first kappa shape index (κ1) is 18.5. The Labute approximate surface area is 144 Å². The molecule has 130 valence electrons. The Balaban J connectivity index is 1.74. The molecule has 0 spiro atoms. The summed E-state index contributed by atoms with van der Waals surface area (Å²) in [5.41, 5.74) is 0.980. The van der Waals surface area contributed by atoms with E-state index in [0.29, 0.717) is 18.9 Å². The number of hydrogen-bond acceptors (Lipinski definition) is 3. The molecule has 0 saturated heterocycles. The van der Waals surface area contributed by atoms with E-state index in [-0.39, 0.29) is 5.97 Å². The van der Waals surface area contributed by atoms with Crippen LogP contribution in [0.15, 0.2) is 42.5 Å². The zero-order chi connectivity index (χ0) is 17.4. The van der Waals surface area contributed by atoms with Gasteiger partial charge in [0, 0.05) is 6.42 Å². The first-order valence-electron chi connectivity index (χ1n) is 8.92. The Kier molecular flexibility index (Phi) is 7.26. The molecule has 0 aromatic heterocycles. The predicted molar refractivity (Wildman–Crippen MR) is 97.8 cm³/mol. The van der Waals surface area contributed by atoms with Crippen molar-refractivity contribution < 1.29 is 14.6 Å². The molecule has 3 nitrogen and oxygen atoms in total. The second kappa shape index (κ2) is 9.43. The molecule has 0 aliphatic rings. The van der Waals surface area contributed by atoms with Crippen molar-refractivity contribution in [3.63, 3.8) is 0 Å². The van der Waals surface area contributed by atoms with Gasteiger partial charge in [-0.15, -0.1) is 0 Å². The Morgan fingerprint density at radius 3 is 2.54 bits per heavy atom. The van der Waals surface area contributed by atoms with E-state index in [1.165, 1.54) is 5.39 Å². The average molecular weight is 328 g/mol. The van der Waals surface area contributed by atoms with Gasteiger partial charge in [0.05, 0.1) is 12.7 Å². The van der Waals surface area contributed by atoms with E-state index in [4.69, 9.17) is 4.74 Å². The minimum Gasteiger partial charge on any atom is -0.466 e. The van der Waals surface area contributed by atoms with Crippen molar-refractivity contribution in [2.75, 3.05) is 6.61 Å². The minimum absolute atomic E-state index is 0.110. The fraction of sp³-hybridized carbons (Fsp3) is 0.476. The average Bonchev–Trinajstić information content (AvgIpc) is 2.58. The molecule has 2 aromatic carbocycles. The van der Waals surface area contributed by atoms with Gasteiger partial charge in [-0.1, -0.05) is 62.6 Å². The summed E-state index contributed by atoms with van der Waals surface area (Å²) in [4.78, 5) is 11.4. The number of carbonyl (C=O) groups is 1. The van der Waals surface area contributed by atoms with Crippen molar-refractivity contribution in [3.8, 4) is 0 Å². The Morgan fingerprint density at radius 2 is 1.79 bits per heavy atom. The number of carbonyl (C=O) groups excluding carboxylic acids is 1. The van der Waals surface area contributed by atoms with Gasteiger partial charge in [-0.2, -0.15) is 0 Å². The van der Waals surface area contributed by atoms with Crippen molar-refractivity contribution in [1.82, 2.24) is 0 Å². The quantitative estimate of drug-likeness (QED) is 0.519. The summed E-state index contributed by atoms with van der Waals surface area (Å²) in [6, 6.07) is 14.3. The van der Waals surface area contributed by atoms with Gasteiger partial charge in [-0.25, -0.2) is 0 Å². The summed E-state index contributed by atoms with van der Waals surface area (Å²) in [6.07, 6.45) is 3.79. The van der Waals surface area contributed by atoms with Crippen molar-refractivity contribution in [1.29, 1.82) is 0 Å². The molecule has 2 aromatic rings. The molecule has 0 saturated carbocycles. The van der Waals surface area contributed by atoms with Crippen LogP contribution < -0.4 is 0 Å². The monoisotopic (exact) mass is 328 g/mol. The zero-order valence-corrected chi connectivity index (χ0v) is 14.7. The molecule has 0 aliphatic carbocycles. The molecular weight excluding hydrogens is 300 g/mol. The molecule has 24 heavy (non-hydrogen) atoms. The molecule has 0 radical (unpaired) electrons. The first-order chi connectivity index (χ1) is 11.6. The van der Waals surface area contributed by atoms with Gasteiger partial charge < -0.3 is 9.84 Å². The van der Waals surface area contributed by atoms with Crippen molar-refractivity contribution in [2.24, 2.45) is 5.92 Å². The lowest BCUT2D eigenvalue weighted by molar-refractivity contribution is -0.144. The Hall–Kier alpha value is -1.87. The van der Waals surface area contributed by atoms with Gasteiger partial charge in [0.1, 0.15) is 0 Å². The molecule has 3 heteroatoms. The standard InChI is InChI=1S/C21H28O3/c1-3-24-21(23)14-16(2)8-4-7-11-20(22)19-13-12-17-9-5-6-10-18(17)15-19/h5-6,9-10,12-13,15-16,20,22H,3-4,7-8,11,14H2,1-2H3.